The average Bonchev–Trinajstić information content (AvgIpc) is 3.00. The van der Waals surface area contributed by atoms with E-state index in [9.17, 15) is 4.79 Å². The quantitative estimate of drug-likeness (QED) is 0.683. The summed E-state index contributed by atoms with van der Waals surface area (Å²) in [7, 11) is 3.12. The van der Waals surface area contributed by atoms with E-state index in [-0.39, 0.29) is 5.91 Å². The summed E-state index contributed by atoms with van der Waals surface area (Å²) in [6.45, 7) is 0. The standard InChI is InChI=1S/C18H15ClN4O3/c1-25-14-7-11-13(8-15(14)26-2)22-18(23-17(11)19)20-10-3-4-12-9(5-10)6-16(24)21-12/h3-5,7-8H,6H2,1-2H3,(H,21,24)(H,20,22,23). The van der Waals surface area contributed by atoms with Crippen LogP contribution in [0.15, 0.2) is 30.3 Å². The summed E-state index contributed by atoms with van der Waals surface area (Å²) in [6.07, 6.45) is 0.362. The van der Waals surface area contributed by atoms with Gasteiger partial charge in [0.15, 0.2) is 11.5 Å². The molecule has 26 heavy (non-hydrogen) atoms. The van der Waals surface area contributed by atoms with Crippen LogP contribution in [0.3, 0.4) is 0 Å². The molecule has 0 unspecified atom stereocenters. The highest BCUT2D eigenvalue weighted by Gasteiger charge is 2.18. The molecule has 8 heteroatoms. The van der Waals surface area contributed by atoms with Gasteiger partial charge in [0.25, 0.3) is 0 Å². The molecule has 0 fully saturated rings. The van der Waals surface area contributed by atoms with Gasteiger partial charge in [0, 0.05) is 22.8 Å². The minimum absolute atomic E-state index is 0.0109. The second-order valence-electron chi connectivity index (χ2n) is 5.78. The first-order valence-electron chi connectivity index (χ1n) is 7.86. The van der Waals surface area contributed by atoms with Crippen molar-refractivity contribution in [2.75, 3.05) is 24.9 Å². The van der Waals surface area contributed by atoms with Crippen molar-refractivity contribution >= 4 is 45.7 Å². The van der Waals surface area contributed by atoms with E-state index in [4.69, 9.17) is 21.1 Å². The van der Waals surface area contributed by atoms with Crippen LogP contribution in [-0.2, 0) is 11.2 Å². The van der Waals surface area contributed by atoms with Gasteiger partial charge in [-0.3, -0.25) is 4.79 Å². The van der Waals surface area contributed by atoms with Crippen LogP contribution in [-0.4, -0.2) is 30.1 Å². The molecule has 4 rings (SSSR count). The van der Waals surface area contributed by atoms with E-state index in [1.807, 2.05) is 18.2 Å². The van der Waals surface area contributed by atoms with Crippen molar-refractivity contribution < 1.29 is 14.3 Å². The van der Waals surface area contributed by atoms with E-state index in [1.165, 1.54) is 0 Å². The molecule has 0 bridgehead atoms. The molecule has 0 spiro atoms. The largest absolute Gasteiger partial charge is 0.493 e. The number of hydrogen-bond acceptors (Lipinski definition) is 6. The molecule has 0 radical (unpaired) electrons. The zero-order valence-electron chi connectivity index (χ0n) is 14.1. The van der Waals surface area contributed by atoms with Crippen molar-refractivity contribution in [1.29, 1.82) is 0 Å². The predicted octanol–water partition coefficient (Wildman–Crippen LogP) is 3.54. The van der Waals surface area contributed by atoms with Gasteiger partial charge in [-0.1, -0.05) is 11.6 Å². The van der Waals surface area contributed by atoms with Gasteiger partial charge < -0.3 is 20.1 Å². The zero-order valence-corrected chi connectivity index (χ0v) is 14.8. The third-order valence-corrected chi connectivity index (χ3v) is 4.43. The number of nitrogens with zero attached hydrogens (tertiary/aromatic N) is 2. The Morgan fingerprint density at radius 3 is 2.65 bits per heavy atom. The van der Waals surface area contributed by atoms with Crippen LogP contribution in [0.5, 0.6) is 11.5 Å². The molecule has 0 aliphatic carbocycles. The second kappa shape index (κ2) is 6.34. The maximum atomic E-state index is 11.5. The van der Waals surface area contributed by atoms with Gasteiger partial charge >= 0.3 is 0 Å². The van der Waals surface area contributed by atoms with Gasteiger partial charge in [-0.25, -0.2) is 9.97 Å². The summed E-state index contributed by atoms with van der Waals surface area (Å²) in [5.41, 5.74) is 3.16. The van der Waals surface area contributed by atoms with Crippen LogP contribution < -0.4 is 20.1 Å². The molecule has 7 nitrogen and oxygen atoms in total. The minimum atomic E-state index is -0.0109. The highest BCUT2D eigenvalue weighted by molar-refractivity contribution is 6.34. The summed E-state index contributed by atoms with van der Waals surface area (Å²) < 4.78 is 10.6. The summed E-state index contributed by atoms with van der Waals surface area (Å²) >= 11 is 6.32. The summed E-state index contributed by atoms with van der Waals surface area (Å²) in [6, 6.07) is 9.08. The number of carbonyl (C=O) groups excluding carboxylic acids is 1. The van der Waals surface area contributed by atoms with Gasteiger partial charge in [0.05, 0.1) is 26.2 Å². The van der Waals surface area contributed by atoms with Gasteiger partial charge in [0.2, 0.25) is 11.9 Å². The fourth-order valence-corrected chi connectivity index (χ4v) is 3.14. The number of fused-ring (bicyclic) bond motifs is 2. The van der Waals surface area contributed by atoms with Crippen molar-refractivity contribution in [3.05, 3.63) is 41.0 Å². The fourth-order valence-electron chi connectivity index (χ4n) is 2.91. The molecule has 0 atom stereocenters. The molecular formula is C18H15ClN4O3. The van der Waals surface area contributed by atoms with Crippen LogP contribution in [0, 0.1) is 0 Å². The Labute approximate surface area is 154 Å². The lowest BCUT2D eigenvalue weighted by molar-refractivity contribution is -0.115. The first-order valence-corrected chi connectivity index (χ1v) is 8.24. The molecule has 1 aromatic heterocycles. The molecule has 2 N–H and O–H groups in total. The summed E-state index contributed by atoms with van der Waals surface area (Å²) in [4.78, 5) is 20.3. The number of anilines is 3. The fraction of sp³-hybridized carbons (Fsp3) is 0.167. The first kappa shape index (κ1) is 16.4. The lowest BCUT2D eigenvalue weighted by Gasteiger charge is -2.11. The third-order valence-electron chi connectivity index (χ3n) is 4.14. The number of carbonyl (C=O) groups is 1. The monoisotopic (exact) mass is 370 g/mol. The van der Waals surface area contributed by atoms with E-state index in [1.54, 1.807) is 26.4 Å². The second-order valence-corrected chi connectivity index (χ2v) is 6.14. The van der Waals surface area contributed by atoms with Gasteiger partial charge in [-0.2, -0.15) is 0 Å². The number of halogens is 1. The van der Waals surface area contributed by atoms with Crippen molar-refractivity contribution in [2.24, 2.45) is 0 Å². The number of ether oxygens (including phenoxy) is 2. The molecule has 1 aliphatic rings. The van der Waals surface area contributed by atoms with Crippen molar-refractivity contribution in [1.82, 2.24) is 9.97 Å². The molecule has 0 saturated carbocycles. The average molecular weight is 371 g/mol. The number of aromatic nitrogens is 2. The molecule has 1 amide bonds. The van der Waals surface area contributed by atoms with E-state index in [0.717, 1.165) is 16.9 Å². The first-order chi connectivity index (χ1) is 12.6. The summed E-state index contributed by atoms with van der Waals surface area (Å²) in [5, 5.41) is 6.90. The highest BCUT2D eigenvalue weighted by atomic mass is 35.5. The number of nitrogens with one attached hydrogen (secondary N) is 2. The van der Waals surface area contributed by atoms with Gasteiger partial charge in [0.1, 0.15) is 5.15 Å². The van der Waals surface area contributed by atoms with Gasteiger partial charge in [-0.15, -0.1) is 0 Å². The van der Waals surface area contributed by atoms with Gasteiger partial charge in [-0.05, 0) is 29.8 Å². The Balaban J connectivity index is 1.71. The van der Waals surface area contributed by atoms with Crippen LogP contribution >= 0.6 is 11.6 Å². The molecule has 0 saturated heterocycles. The SMILES string of the molecule is COc1cc2nc(Nc3ccc4c(c3)CC(=O)N4)nc(Cl)c2cc1OC. The Hall–Kier alpha value is -3.06. The maximum Gasteiger partial charge on any atom is 0.229 e. The Morgan fingerprint density at radius 2 is 1.88 bits per heavy atom. The lowest BCUT2D eigenvalue weighted by Crippen LogP contribution is -2.03. The zero-order chi connectivity index (χ0) is 18.3. The molecule has 3 aromatic rings. The van der Waals surface area contributed by atoms with E-state index in [2.05, 4.69) is 20.6 Å². The molecule has 2 heterocycles. The molecular weight excluding hydrogens is 356 g/mol. The predicted molar refractivity (Wildman–Crippen MR) is 99.7 cm³/mol. The topological polar surface area (TPSA) is 85.4 Å². The third kappa shape index (κ3) is 2.86. The van der Waals surface area contributed by atoms with Crippen LogP contribution in [0.2, 0.25) is 5.15 Å². The Morgan fingerprint density at radius 1 is 1.12 bits per heavy atom. The van der Waals surface area contributed by atoms with E-state index in [0.29, 0.717) is 39.9 Å². The maximum absolute atomic E-state index is 11.5. The molecule has 132 valence electrons. The number of amides is 1. The highest BCUT2D eigenvalue weighted by Crippen LogP contribution is 2.35. The van der Waals surface area contributed by atoms with E-state index < -0.39 is 0 Å². The minimum Gasteiger partial charge on any atom is -0.493 e. The smallest absolute Gasteiger partial charge is 0.229 e. The van der Waals surface area contributed by atoms with Crippen molar-refractivity contribution in [3.63, 3.8) is 0 Å². The van der Waals surface area contributed by atoms with Crippen LogP contribution in [0.25, 0.3) is 10.9 Å². The van der Waals surface area contributed by atoms with Crippen molar-refractivity contribution in [2.45, 2.75) is 6.42 Å². The number of benzene rings is 2. The summed E-state index contributed by atoms with van der Waals surface area (Å²) in [5.74, 6) is 1.46. The lowest BCUT2D eigenvalue weighted by atomic mass is 10.1. The number of methoxy groups -OCH3 is 2. The molecule has 2 aromatic carbocycles. The Bertz CT molecular complexity index is 1040. The molecule has 1 aliphatic heterocycles. The Kier molecular flexibility index (Phi) is 4.00. The van der Waals surface area contributed by atoms with Crippen LogP contribution in [0.4, 0.5) is 17.3 Å². The van der Waals surface area contributed by atoms with Crippen LogP contribution in [0.1, 0.15) is 5.56 Å². The van der Waals surface area contributed by atoms with Crippen molar-refractivity contribution in [3.8, 4) is 11.5 Å². The van der Waals surface area contributed by atoms with E-state index >= 15 is 0 Å². The number of rotatable bonds is 4. The normalized spacial score (nSPS) is 12.7. The number of hydrogen-bond donors (Lipinski definition) is 2.